The van der Waals surface area contributed by atoms with Gasteiger partial charge in [0.15, 0.2) is 0 Å². The zero-order valence-electron chi connectivity index (χ0n) is 21.9. The number of unbranched alkanes of at least 4 members (excludes halogenated alkanes) is 4. The molecule has 0 saturated carbocycles. The summed E-state index contributed by atoms with van der Waals surface area (Å²) < 4.78 is 0. The standard InChI is InChI=1S/C30H40N2O3S/c1-4-6-8-9-13-25(12-7-5-2)29(34)32(3)21-23-11-10-14-26(19-23)24-17-15-22(16-18-24)20-27-28(33)31-30(35)36-27/h10-11,14-19,25,33H,4-9,12-13,20-21H2,1-3H3,(H,31,35). The van der Waals surface area contributed by atoms with Crippen molar-refractivity contribution in [2.24, 2.45) is 5.92 Å². The minimum atomic E-state index is -0.243. The maximum absolute atomic E-state index is 13.3. The third kappa shape index (κ3) is 8.09. The van der Waals surface area contributed by atoms with Gasteiger partial charge in [-0.2, -0.15) is 0 Å². The van der Waals surface area contributed by atoms with Crippen molar-refractivity contribution < 1.29 is 9.90 Å². The molecule has 3 aromatic rings. The Hall–Kier alpha value is -2.86. The number of nitrogens with zero attached hydrogens (tertiary/aromatic N) is 1. The molecule has 1 heterocycles. The van der Waals surface area contributed by atoms with E-state index in [1.54, 1.807) is 0 Å². The van der Waals surface area contributed by atoms with E-state index in [2.05, 4.69) is 49.2 Å². The molecule has 0 radical (unpaired) electrons. The number of thiazole rings is 1. The van der Waals surface area contributed by atoms with Crippen molar-refractivity contribution in [2.75, 3.05) is 7.05 Å². The van der Waals surface area contributed by atoms with Crippen molar-refractivity contribution in [1.82, 2.24) is 9.88 Å². The van der Waals surface area contributed by atoms with Crippen LogP contribution in [0.15, 0.2) is 53.3 Å². The van der Waals surface area contributed by atoms with Gasteiger partial charge in [0.05, 0.1) is 4.88 Å². The molecule has 0 bridgehead atoms. The average molecular weight is 509 g/mol. The Morgan fingerprint density at radius 2 is 1.67 bits per heavy atom. The predicted octanol–water partition coefficient (Wildman–Crippen LogP) is 7.14. The number of aromatic hydroxyl groups is 1. The molecule has 1 amide bonds. The van der Waals surface area contributed by atoms with Crippen molar-refractivity contribution in [3.05, 3.63) is 74.2 Å². The second-order valence-corrected chi connectivity index (χ2v) is 10.8. The highest BCUT2D eigenvalue weighted by Crippen LogP contribution is 2.25. The molecule has 0 spiro atoms. The summed E-state index contributed by atoms with van der Waals surface area (Å²) in [4.78, 5) is 29.4. The van der Waals surface area contributed by atoms with Gasteiger partial charge in [-0.3, -0.25) is 14.6 Å². The van der Waals surface area contributed by atoms with Gasteiger partial charge in [0.2, 0.25) is 11.8 Å². The van der Waals surface area contributed by atoms with Crippen LogP contribution in [0.5, 0.6) is 5.88 Å². The highest BCUT2D eigenvalue weighted by Gasteiger charge is 2.21. The van der Waals surface area contributed by atoms with E-state index in [-0.39, 0.29) is 22.6 Å². The van der Waals surface area contributed by atoms with Crippen LogP contribution in [0.25, 0.3) is 11.1 Å². The highest BCUT2D eigenvalue weighted by molar-refractivity contribution is 7.09. The Labute approximate surface area is 219 Å². The summed E-state index contributed by atoms with van der Waals surface area (Å²) >= 11 is 1.04. The third-order valence-electron chi connectivity index (χ3n) is 6.74. The number of benzene rings is 2. The van der Waals surface area contributed by atoms with E-state index < -0.39 is 0 Å². The van der Waals surface area contributed by atoms with Gasteiger partial charge in [-0.1, -0.05) is 106 Å². The number of hydrogen-bond acceptors (Lipinski definition) is 4. The zero-order valence-corrected chi connectivity index (χ0v) is 22.7. The van der Waals surface area contributed by atoms with Crippen LogP contribution in [0.4, 0.5) is 0 Å². The molecule has 0 saturated heterocycles. The first-order valence-corrected chi connectivity index (χ1v) is 14.1. The number of aromatic nitrogens is 1. The van der Waals surface area contributed by atoms with Gasteiger partial charge >= 0.3 is 4.87 Å². The Bertz CT molecular complexity index is 1150. The number of aromatic amines is 1. The molecule has 1 atom stereocenters. The summed E-state index contributed by atoms with van der Waals surface area (Å²) in [5.74, 6) is 0.351. The van der Waals surface area contributed by atoms with Crippen LogP contribution in [-0.2, 0) is 17.8 Å². The van der Waals surface area contributed by atoms with E-state index in [4.69, 9.17) is 0 Å². The first kappa shape index (κ1) is 27.7. The molecule has 1 unspecified atom stereocenters. The van der Waals surface area contributed by atoms with Crippen molar-refractivity contribution in [2.45, 2.75) is 78.2 Å². The second-order valence-electron chi connectivity index (χ2n) is 9.74. The minimum Gasteiger partial charge on any atom is -0.494 e. The Morgan fingerprint density at radius 1 is 0.944 bits per heavy atom. The first-order chi connectivity index (χ1) is 17.4. The number of amides is 1. The Kier molecular flexibility index (Phi) is 10.8. The van der Waals surface area contributed by atoms with Gasteiger partial charge in [-0.15, -0.1) is 0 Å². The van der Waals surface area contributed by atoms with Crippen LogP contribution in [0.3, 0.4) is 0 Å². The summed E-state index contributed by atoms with van der Waals surface area (Å²) in [6, 6.07) is 16.6. The van der Waals surface area contributed by atoms with Crippen molar-refractivity contribution in [3.8, 4) is 17.0 Å². The van der Waals surface area contributed by atoms with Gasteiger partial charge < -0.3 is 10.0 Å². The van der Waals surface area contributed by atoms with Gasteiger partial charge in [-0.25, -0.2) is 0 Å². The maximum atomic E-state index is 13.3. The number of H-pyrrole nitrogens is 1. The Balaban J connectivity index is 1.64. The highest BCUT2D eigenvalue weighted by atomic mass is 32.1. The molecule has 0 aliphatic carbocycles. The van der Waals surface area contributed by atoms with Crippen LogP contribution in [0.1, 0.15) is 81.2 Å². The summed E-state index contributed by atoms with van der Waals surface area (Å²) in [5, 5.41) is 9.83. The molecule has 2 aromatic carbocycles. The molecule has 0 fully saturated rings. The van der Waals surface area contributed by atoms with E-state index in [1.165, 1.54) is 19.3 Å². The number of carbonyl (C=O) groups excluding carboxylic acids is 1. The molecule has 3 rings (SSSR count). The smallest absolute Gasteiger partial charge is 0.307 e. The van der Waals surface area contributed by atoms with E-state index in [1.807, 2.05) is 30.1 Å². The molecular formula is C30H40N2O3S. The normalized spacial score (nSPS) is 12.0. The summed E-state index contributed by atoms with van der Waals surface area (Å²) in [6.45, 7) is 5.01. The number of nitrogens with one attached hydrogen (secondary N) is 1. The van der Waals surface area contributed by atoms with Crippen molar-refractivity contribution in [1.29, 1.82) is 0 Å². The van der Waals surface area contributed by atoms with Gasteiger partial charge in [0.1, 0.15) is 0 Å². The lowest BCUT2D eigenvalue weighted by Gasteiger charge is -2.24. The average Bonchev–Trinajstić information content (AvgIpc) is 3.19. The molecule has 36 heavy (non-hydrogen) atoms. The van der Waals surface area contributed by atoms with Gasteiger partial charge in [-0.05, 0) is 41.2 Å². The first-order valence-electron chi connectivity index (χ1n) is 13.2. The lowest BCUT2D eigenvalue weighted by atomic mass is 9.93. The topological polar surface area (TPSA) is 73.4 Å². The molecule has 2 N–H and O–H groups in total. The molecule has 0 aliphatic rings. The lowest BCUT2D eigenvalue weighted by molar-refractivity contribution is -0.135. The fourth-order valence-electron chi connectivity index (χ4n) is 4.64. The Morgan fingerprint density at radius 3 is 2.33 bits per heavy atom. The SMILES string of the molecule is CCCCCCC(CCCC)C(=O)N(C)Cc1cccc(-c2ccc(Cc3sc(=O)[nH]c3O)cc2)c1. The third-order valence-corrected chi connectivity index (χ3v) is 7.61. The predicted molar refractivity (Wildman–Crippen MR) is 150 cm³/mol. The fourth-order valence-corrected chi connectivity index (χ4v) is 5.40. The quantitative estimate of drug-likeness (QED) is 0.227. The van der Waals surface area contributed by atoms with Gasteiger partial charge in [0.25, 0.3) is 0 Å². The summed E-state index contributed by atoms with van der Waals surface area (Å²) in [6.07, 6.45) is 9.52. The number of rotatable bonds is 14. The van der Waals surface area contributed by atoms with E-state index in [0.29, 0.717) is 17.8 Å². The minimum absolute atomic E-state index is 0.0432. The lowest BCUT2D eigenvalue weighted by Crippen LogP contribution is -2.32. The van der Waals surface area contributed by atoms with E-state index in [0.717, 1.165) is 65.7 Å². The van der Waals surface area contributed by atoms with Gasteiger partial charge in [0, 0.05) is 25.9 Å². The monoisotopic (exact) mass is 508 g/mol. The van der Waals surface area contributed by atoms with Crippen LogP contribution >= 0.6 is 11.3 Å². The molecular weight excluding hydrogens is 468 g/mol. The molecule has 0 aliphatic heterocycles. The molecule has 6 heteroatoms. The number of carbonyl (C=O) groups is 1. The van der Waals surface area contributed by atoms with E-state index in [9.17, 15) is 14.7 Å². The van der Waals surface area contributed by atoms with Crippen molar-refractivity contribution >= 4 is 17.2 Å². The molecule has 194 valence electrons. The fraction of sp³-hybridized carbons (Fsp3) is 0.467. The van der Waals surface area contributed by atoms with Crippen LogP contribution in [0, 0.1) is 5.92 Å². The molecule has 5 nitrogen and oxygen atoms in total. The second kappa shape index (κ2) is 14.0. The van der Waals surface area contributed by atoms with Crippen molar-refractivity contribution in [3.63, 3.8) is 0 Å². The largest absolute Gasteiger partial charge is 0.494 e. The summed E-state index contributed by atoms with van der Waals surface area (Å²) in [5.41, 5.74) is 4.35. The van der Waals surface area contributed by atoms with Crippen LogP contribution in [-0.4, -0.2) is 27.9 Å². The number of hydrogen-bond donors (Lipinski definition) is 2. The maximum Gasteiger partial charge on any atom is 0.307 e. The molecule has 1 aromatic heterocycles. The van der Waals surface area contributed by atoms with Crippen LogP contribution in [0.2, 0.25) is 0 Å². The summed E-state index contributed by atoms with van der Waals surface area (Å²) in [7, 11) is 1.93. The van der Waals surface area contributed by atoms with Crippen LogP contribution < -0.4 is 4.87 Å². The zero-order chi connectivity index (χ0) is 25.9. The van der Waals surface area contributed by atoms with E-state index >= 15 is 0 Å².